The second-order valence-electron chi connectivity index (χ2n) is 4.99. The highest BCUT2D eigenvalue weighted by Gasteiger charge is 2.27. The minimum absolute atomic E-state index is 0.0328. The predicted octanol–water partition coefficient (Wildman–Crippen LogP) is 2.73. The molecule has 1 aliphatic heterocycles. The van der Waals surface area contributed by atoms with Gasteiger partial charge in [-0.15, -0.1) is 11.3 Å². The van der Waals surface area contributed by atoms with Crippen molar-refractivity contribution in [1.29, 1.82) is 0 Å². The normalized spacial score (nSPS) is 19.4. The maximum Gasteiger partial charge on any atom is 0.266 e. The van der Waals surface area contributed by atoms with E-state index in [0.29, 0.717) is 30.3 Å². The third-order valence-electron chi connectivity index (χ3n) is 3.71. The summed E-state index contributed by atoms with van der Waals surface area (Å²) in [6.07, 6.45) is 1.06. The molecule has 106 valence electrons. The Bertz CT molecular complexity index is 638. The van der Waals surface area contributed by atoms with Crippen molar-refractivity contribution in [1.82, 2.24) is 4.90 Å². The lowest BCUT2D eigenvalue weighted by Gasteiger charge is -2.32. The number of benzene rings is 1. The highest BCUT2D eigenvalue weighted by molar-refractivity contribution is 7.21. The molecule has 2 aromatic rings. The molecule has 1 amide bonds. The fourth-order valence-electron chi connectivity index (χ4n) is 2.52. The third kappa shape index (κ3) is 2.27. The second kappa shape index (κ2) is 5.42. The van der Waals surface area contributed by atoms with Gasteiger partial charge in [0.15, 0.2) is 0 Å². The zero-order chi connectivity index (χ0) is 14.1. The van der Waals surface area contributed by atoms with Gasteiger partial charge in [-0.3, -0.25) is 4.79 Å². The van der Waals surface area contributed by atoms with Crippen LogP contribution in [0.3, 0.4) is 0 Å². The van der Waals surface area contributed by atoms with Crippen LogP contribution in [0, 0.1) is 0 Å². The van der Waals surface area contributed by atoms with Crippen molar-refractivity contribution in [2.75, 3.05) is 25.4 Å². The number of morpholine rings is 1. The zero-order valence-corrected chi connectivity index (χ0v) is 12.3. The molecule has 1 saturated heterocycles. The van der Waals surface area contributed by atoms with Crippen molar-refractivity contribution in [3.63, 3.8) is 0 Å². The van der Waals surface area contributed by atoms with Crippen LogP contribution in [0.25, 0.3) is 10.1 Å². The minimum Gasteiger partial charge on any atom is -0.397 e. The zero-order valence-electron chi connectivity index (χ0n) is 11.5. The lowest BCUT2D eigenvalue weighted by molar-refractivity contribution is -0.0224. The summed E-state index contributed by atoms with van der Waals surface area (Å²) in [5.74, 6) is 0.0328. The van der Waals surface area contributed by atoms with Crippen LogP contribution in [0.15, 0.2) is 24.3 Å². The molecule has 2 heterocycles. The van der Waals surface area contributed by atoms with E-state index >= 15 is 0 Å². The second-order valence-corrected chi connectivity index (χ2v) is 6.05. The molecule has 4 nitrogen and oxygen atoms in total. The van der Waals surface area contributed by atoms with E-state index in [4.69, 9.17) is 10.5 Å². The average molecular weight is 290 g/mol. The average Bonchev–Trinajstić information content (AvgIpc) is 2.84. The molecule has 1 aromatic heterocycles. The summed E-state index contributed by atoms with van der Waals surface area (Å²) in [5, 5.41) is 0.973. The highest BCUT2D eigenvalue weighted by atomic mass is 32.1. The molecule has 5 heteroatoms. The number of anilines is 1. The SMILES string of the molecule is CCC1CN(C(=O)c2sc3ccccc3c2N)CCO1. The van der Waals surface area contributed by atoms with Gasteiger partial charge in [0.25, 0.3) is 5.91 Å². The summed E-state index contributed by atoms with van der Waals surface area (Å²) in [7, 11) is 0. The molecule has 0 spiro atoms. The van der Waals surface area contributed by atoms with Crippen molar-refractivity contribution in [3.8, 4) is 0 Å². The molecule has 1 aromatic carbocycles. The molecular formula is C15H18N2O2S. The first-order valence-corrected chi connectivity index (χ1v) is 7.70. The Morgan fingerprint density at radius 3 is 3.05 bits per heavy atom. The summed E-state index contributed by atoms with van der Waals surface area (Å²) in [4.78, 5) is 15.2. The standard InChI is InChI=1S/C15H18N2O2S/c1-2-10-9-17(7-8-19-10)15(18)14-13(16)11-5-3-4-6-12(11)20-14/h3-6,10H,2,7-9,16H2,1H3. The number of nitrogen functional groups attached to an aromatic ring is 1. The molecule has 0 radical (unpaired) electrons. The van der Waals surface area contributed by atoms with Crippen LogP contribution < -0.4 is 5.73 Å². The van der Waals surface area contributed by atoms with E-state index in [-0.39, 0.29) is 12.0 Å². The van der Waals surface area contributed by atoms with Crippen molar-refractivity contribution in [2.45, 2.75) is 19.4 Å². The van der Waals surface area contributed by atoms with Gasteiger partial charge in [-0.05, 0) is 12.5 Å². The van der Waals surface area contributed by atoms with Gasteiger partial charge in [0.05, 0.1) is 18.4 Å². The van der Waals surface area contributed by atoms with E-state index in [1.54, 1.807) is 0 Å². The number of rotatable bonds is 2. The van der Waals surface area contributed by atoms with Crippen LogP contribution in [0.2, 0.25) is 0 Å². The van der Waals surface area contributed by atoms with Gasteiger partial charge in [0.1, 0.15) is 4.88 Å². The summed E-state index contributed by atoms with van der Waals surface area (Å²) in [6.45, 7) is 3.98. The molecule has 1 aliphatic rings. The first kappa shape index (κ1) is 13.4. The van der Waals surface area contributed by atoms with E-state index in [2.05, 4.69) is 6.92 Å². The van der Waals surface area contributed by atoms with Crippen LogP contribution in [0.4, 0.5) is 5.69 Å². The fourth-order valence-corrected chi connectivity index (χ4v) is 3.61. The fraction of sp³-hybridized carbons (Fsp3) is 0.400. The highest BCUT2D eigenvalue weighted by Crippen LogP contribution is 2.34. The molecular weight excluding hydrogens is 272 g/mol. The Morgan fingerprint density at radius 2 is 2.30 bits per heavy atom. The number of carbonyl (C=O) groups is 1. The van der Waals surface area contributed by atoms with Gasteiger partial charge in [-0.2, -0.15) is 0 Å². The van der Waals surface area contributed by atoms with E-state index in [1.165, 1.54) is 11.3 Å². The number of carbonyl (C=O) groups excluding carboxylic acids is 1. The molecule has 20 heavy (non-hydrogen) atoms. The Labute approximate surface area is 122 Å². The maximum atomic E-state index is 12.7. The van der Waals surface area contributed by atoms with Gasteiger partial charge >= 0.3 is 0 Å². The molecule has 2 N–H and O–H groups in total. The van der Waals surface area contributed by atoms with Gasteiger partial charge in [-0.25, -0.2) is 0 Å². The van der Waals surface area contributed by atoms with Gasteiger partial charge < -0.3 is 15.4 Å². The van der Waals surface area contributed by atoms with Crippen molar-refractivity contribution in [2.24, 2.45) is 0 Å². The smallest absolute Gasteiger partial charge is 0.266 e. The quantitative estimate of drug-likeness (QED) is 0.925. The van der Waals surface area contributed by atoms with E-state index < -0.39 is 0 Å². The number of hydrogen-bond acceptors (Lipinski definition) is 4. The number of thiophene rings is 1. The number of amides is 1. The van der Waals surface area contributed by atoms with Crippen molar-refractivity contribution < 1.29 is 9.53 Å². The van der Waals surface area contributed by atoms with Gasteiger partial charge in [0, 0.05) is 23.2 Å². The summed E-state index contributed by atoms with van der Waals surface area (Å²) < 4.78 is 6.67. The molecule has 1 atom stereocenters. The Kier molecular flexibility index (Phi) is 3.63. The van der Waals surface area contributed by atoms with Gasteiger partial charge in [-0.1, -0.05) is 25.1 Å². The molecule has 1 unspecified atom stereocenters. The Hall–Kier alpha value is -1.59. The summed E-state index contributed by atoms with van der Waals surface area (Å²) in [6, 6.07) is 7.88. The molecule has 0 saturated carbocycles. The Morgan fingerprint density at radius 1 is 1.50 bits per heavy atom. The van der Waals surface area contributed by atoms with Crippen LogP contribution in [0.1, 0.15) is 23.0 Å². The van der Waals surface area contributed by atoms with Crippen molar-refractivity contribution in [3.05, 3.63) is 29.1 Å². The lowest BCUT2D eigenvalue weighted by Crippen LogP contribution is -2.45. The number of nitrogens with two attached hydrogens (primary N) is 1. The number of fused-ring (bicyclic) bond motifs is 1. The monoisotopic (exact) mass is 290 g/mol. The van der Waals surface area contributed by atoms with E-state index in [0.717, 1.165) is 16.5 Å². The van der Waals surface area contributed by atoms with Crippen LogP contribution in [0.5, 0.6) is 0 Å². The molecule has 0 aliphatic carbocycles. The molecule has 3 rings (SSSR count). The predicted molar refractivity (Wildman–Crippen MR) is 82.2 cm³/mol. The topological polar surface area (TPSA) is 55.6 Å². The summed E-state index contributed by atoms with van der Waals surface area (Å²) in [5.41, 5.74) is 6.75. The number of ether oxygens (including phenoxy) is 1. The first-order chi connectivity index (χ1) is 9.70. The lowest BCUT2D eigenvalue weighted by atomic mass is 10.2. The van der Waals surface area contributed by atoms with E-state index in [1.807, 2.05) is 29.2 Å². The Balaban J connectivity index is 1.90. The third-order valence-corrected chi connectivity index (χ3v) is 4.88. The van der Waals surface area contributed by atoms with Crippen LogP contribution >= 0.6 is 11.3 Å². The number of nitrogens with zero attached hydrogens (tertiary/aromatic N) is 1. The minimum atomic E-state index is 0.0328. The van der Waals surface area contributed by atoms with Crippen molar-refractivity contribution >= 4 is 33.0 Å². The van der Waals surface area contributed by atoms with Gasteiger partial charge in [0.2, 0.25) is 0 Å². The molecule has 1 fully saturated rings. The van der Waals surface area contributed by atoms with Crippen LogP contribution in [-0.2, 0) is 4.74 Å². The molecule has 0 bridgehead atoms. The largest absolute Gasteiger partial charge is 0.397 e. The van der Waals surface area contributed by atoms with Crippen LogP contribution in [-0.4, -0.2) is 36.6 Å². The number of hydrogen-bond donors (Lipinski definition) is 1. The first-order valence-electron chi connectivity index (χ1n) is 6.88. The summed E-state index contributed by atoms with van der Waals surface area (Å²) >= 11 is 1.48. The maximum absolute atomic E-state index is 12.7. The van der Waals surface area contributed by atoms with E-state index in [9.17, 15) is 4.79 Å².